The SMILES string of the molecule is N=C(N)N1CCO[C@@H](CNC(=O)CC(NS(=O)(=O)c2ccc3ccccc3c2)C(=O)N2CCOCC2)C1. The Morgan fingerprint density at radius 2 is 1.76 bits per heavy atom. The molecule has 2 aliphatic heterocycles. The quantitative estimate of drug-likeness (QED) is 0.259. The molecular formula is C24H32N6O6S. The van der Waals surface area contributed by atoms with Gasteiger partial charge in [-0.25, -0.2) is 8.42 Å². The minimum absolute atomic E-state index is 0.00585. The number of benzene rings is 2. The number of carbonyl (C=O) groups excluding carboxylic acids is 2. The van der Waals surface area contributed by atoms with Gasteiger partial charge in [-0.3, -0.25) is 15.0 Å². The molecule has 2 aliphatic rings. The van der Waals surface area contributed by atoms with Crippen molar-refractivity contribution in [2.45, 2.75) is 23.5 Å². The van der Waals surface area contributed by atoms with Crippen molar-refractivity contribution in [2.75, 3.05) is 52.5 Å². The molecular weight excluding hydrogens is 500 g/mol. The highest BCUT2D eigenvalue weighted by Crippen LogP contribution is 2.20. The van der Waals surface area contributed by atoms with Crippen LogP contribution in [0.3, 0.4) is 0 Å². The Hall–Kier alpha value is -3.26. The number of nitrogens with two attached hydrogens (primary N) is 1. The maximum Gasteiger partial charge on any atom is 0.241 e. The Labute approximate surface area is 215 Å². The number of nitrogens with zero attached hydrogens (tertiary/aromatic N) is 2. The van der Waals surface area contributed by atoms with Gasteiger partial charge in [0, 0.05) is 32.7 Å². The number of hydrogen-bond donors (Lipinski definition) is 4. The number of guanidine groups is 1. The normalized spacial score (nSPS) is 19.4. The standard InChI is InChI=1S/C24H32N6O6S/c25-24(26)30-9-12-36-19(16-30)15-27-22(31)14-21(23(32)29-7-10-35-11-8-29)28-37(33,34)20-6-5-17-3-1-2-4-18(17)13-20/h1-6,13,19,21,28H,7-12,14-16H2,(H3,25,26)(H,27,31)/t19-,21?/m0/s1. The molecule has 0 aliphatic carbocycles. The van der Waals surface area contributed by atoms with Crippen LogP contribution in [0.1, 0.15) is 6.42 Å². The molecule has 2 heterocycles. The Balaban J connectivity index is 1.46. The molecule has 13 heteroatoms. The predicted molar refractivity (Wildman–Crippen MR) is 136 cm³/mol. The van der Waals surface area contributed by atoms with Crippen molar-refractivity contribution in [3.63, 3.8) is 0 Å². The van der Waals surface area contributed by atoms with E-state index in [0.29, 0.717) is 46.0 Å². The second-order valence-corrected chi connectivity index (χ2v) is 10.7. The van der Waals surface area contributed by atoms with E-state index in [1.807, 2.05) is 18.2 Å². The molecule has 0 spiro atoms. The summed E-state index contributed by atoms with van der Waals surface area (Å²) in [7, 11) is -4.11. The minimum atomic E-state index is -4.11. The Morgan fingerprint density at radius 1 is 1.05 bits per heavy atom. The van der Waals surface area contributed by atoms with Crippen molar-refractivity contribution < 1.29 is 27.5 Å². The van der Waals surface area contributed by atoms with Crippen LogP contribution in [0.2, 0.25) is 0 Å². The molecule has 2 aromatic rings. The van der Waals surface area contributed by atoms with E-state index in [0.717, 1.165) is 10.8 Å². The van der Waals surface area contributed by atoms with Gasteiger partial charge in [0.1, 0.15) is 6.04 Å². The molecule has 0 saturated carbocycles. The molecule has 0 radical (unpaired) electrons. The first-order chi connectivity index (χ1) is 17.7. The summed E-state index contributed by atoms with van der Waals surface area (Å²) in [4.78, 5) is 29.2. The Bertz CT molecular complexity index is 1250. The summed E-state index contributed by atoms with van der Waals surface area (Å²) in [5, 5.41) is 11.9. The van der Waals surface area contributed by atoms with E-state index < -0.39 is 27.9 Å². The summed E-state index contributed by atoms with van der Waals surface area (Å²) in [6.07, 6.45) is -0.768. The van der Waals surface area contributed by atoms with Crippen molar-refractivity contribution >= 4 is 38.6 Å². The lowest BCUT2D eigenvalue weighted by Crippen LogP contribution is -2.54. The molecule has 12 nitrogen and oxygen atoms in total. The van der Waals surface area contributed by atoms with E-state index in [2.05, 4.69) is 10.0 Å². The fourth-order valence-electron chi connectivity index (χ4n) is 4.32. The predicted octanol–water partition coefficient (Wildman–Crippen LogP) is -0.554. The maximum absolute atomic E-state index is 13.3. The second-order valence-electron chi connectivity index (χ2n) is 8.95. The second kappa shape index (κ2) is 11.9. The van der Waals surface area contributed by atoms with Crippen molar-refractivity contribution in [3.05, 3.63) is 42.5 Å². The van der Waals surface area contributed by atoms with E-state index in [1.165, 1.54) is 17.0 Å². The molecule has 0 aromatic heterocycles. The number of hydrogen-bond acceptors (Lipinski definition) is 7. The highest BCUT2D eigenvalue weighted by atomic mass is 32.2. The van der Waals surface area contributed by atoms with Crippen molar-refractivity contribution in [1.82, 2.24) is 19.8 Å². The summed E-state index contributed by atoms with van der Waals surface area (Å²) < 4.78 is 39.9. The summed E-state index contributed by atoms with van der Waals surface area (Å²) in [6, 6.07) is 10.8. The molecule has 4 rings (SSSR count). The summed E-state index contributed by atoms with van der Waals surface area (Å²) in [5.74, 6) is -1.06. The number of ether oxygens (including phenoxy) is 2. The first kappa shape index (κ1) is 26.8. The van der Waals surface area contributed by atoms with Crippen molar-refractivity contribution in [1.29, 1.82) is 5.41 Å². The van der Waals surface area contributed by atoms with Crippen molar-refractivity contribution in [2.24, 2.45) is 5.73 Å². The zero-order valence-corrected chi connectivity index (χ0v) is 21.2. The number of nitrogens with one attached hydrogen (secondary N) is 3. The van der Waals surface area contributed by atoms with Gasteiger partial charge in [0.15, 0.2) is 5.96 Å². The lowest BCUT2D eigenvalue weighted by molar-refractivity contribution is -0.139. The molecule has 1 unspecified atom stereocenters. The summed E-state index contributed by atoms with van der Waals surface area (Å²) >= 11 is 0. The van der Waals surface area contributed by atoms with Crippen molar-refractivity contribution in [3.8, 4) is 0 Å². The topological polar surface area (TPSA) is 167 Å². The Kier molecular flexibility index (Phi) is 8.59. The molecule has 37 heavy (non-hydrogen) atoms. The van der Waals surface area contributed by atoms with Gasteiger partial charge in [0.2, 0.25) is 21.8 Å². The lowest BCUT2D eigenvalue weighted by Gasteiger charge is -2.33. The number of amides is 2. The van der Waals surface area contributed by atoms with Crippen LogP contribution in [0, 0.1) is 5.41 Å². The van der Waals surface area contributed by atoms with Crippen LogP contribution >= 0.6 is 0 Å². The smallest absolute Gasteiger partial charge is 0.241 e. The summed E-state index contributed by atoms with van der Waals surface area (Å²) in [5.41, 5.74) is 5.54. The average Bonchev–Trinajstić information content (AvgIpc) is 2.91. The monoisotopic (exact) mass is 532 g/mol. The Morgan fingerprint density at radius 3 is 2.49 bits per heavy atom. The zero-order valence-electron chi connectivity index (χ0n) is 20.4. The van der Waals surface area contributed by atoms with Crippen LogP contribution in [0.4, 0.5) is 0 Å². The van der Waals surface area contributed by atoms with E-state index in [1.54, 1.807) is 17.0 Å². The maximum atomic E-state index is 13.3. The lowest BCUT2D eigenvalue weighted by atomic mass is 10.1. The van der Waals surface area contributed by atoms with Crippen LogP contribution in [-0.4, -0.2) is 101 Å². The first-order valence-corrected chi connectivity index (χ1v) is 13.6. The van der Waals surface area contributed by atoms with E-state index in [4.69, 9.17) is 20.6 Å². The number of carbonyl (C=O) groups is 2. The van der Waals surface area contributed by atoms with Crippen LogP contribution in [-0.2, 0) is 29.1 Å². The fourth-order valence-corrected chi connectivity index (χ4v) is 5.54. The first-order valence-electron chi connectivity index (χ1n) is 12.1. The van der Waals surface area contributed by atoms with Gasteiger partial charge >= 0.3 is 0 Å². The van der Waals surface area contributed by atoms with E-state index in [-0.39, 0.29) is 29.9 Å². The zero-order chi connectivity index (χ0) is 26.4. The minimum Gasteiger partial charge on any atom is -0.378 e. The number of morpholine rings is 2. The van der Waals surface area contributed by atoms with E-state index >= 15 is 0 Å². The third-order valence-corrected chi connectivity index (χ3v) is 7.81. The molecule has 2 fully saturated rings. The summed E-state index contributed by atoms with van der Waals surface area (Å²) in [6.45, 7) is 2.65. The van der Waals surface area contributed by atoms with Crippen LogP contribution in [0.15, 0.2) is 47.4 Å². The highest BCUT2D eigenvalue weighted by molar-refractivity contribution is 7.89. The van der Waals surface area contributed by atoms with Gasteiger partial charge in [-0.2, -0.15) is 4.72 Å². The van der Waals surface area contributed by atoms with Crippen LogP contribution in [0.5, 0.6) is 0 Å². The molecule has 2 aromatic carbocycles. The number of rotatable bonds is 8. The molecule has 2 atom stereocenters. The molecule has 2 amide bonds. The third kappa shape index (κ3) is 6.95. The average molecular weight is 533 g/mol. The van der Waals surface area contributed by atoms with Gasteiger partial charge < -0.3 is 30.3 Å². The van der Waals surface area contributed by atoms with Gasteiger partial charge in [0.05, 0.1) is 37.2 Å². The molecule has 200 valence electrons. The largest absolute Gasteiger partial charge is 0.378 e. The van der Waals surface area contributed by atoms with E-state index in [9.17, 15) is 18.0 Å². The molecule has 0 bridgehead atoms. The number of fused-ring (bicyclic) bond motifs is 1. The molecule has 2 saturated heterocycles. The van der Waals surface area contributed by atoms with Gasteiger partial charge in [-0.1, -0.05) is 30.3 Å². The number of sulfonamides is 1. The van der Waals surface area contributed by atoms with Crippen LogP contribution in [0.25, 0.3) is 10.8 Å². The third-order valence-electron chi connectivity index (χ3n) is 6.35. The van der Waals surface area contributed by atoms with Gasteiger partial charge in [-0.15, -0.1) is 0 Å². The highest BCUT2D eigenvalue weighted by Gasteiger charge is 2.32. The molecule has 5 N–H and O–H groups in total. The van der Waals surface area contributed by atoms with Gasteiger partial charge in [0.25, 0.3) is 0 Å². The van der Waals surface area contributed by atoms with Crippen LogP contribution < -0.4 is 15.8 Å². The van der Waals surface area contributed by atoms with Gasteiger partial charge in [-0.05, 0) is 22.9 Å². The fraction of sp³-hybridized carbons (Fsp3) is 0.458.